The molecule has 1 saturated carbocycles. The highest BCUT2D eigenvalue weighted by Gasteiger charge is 2.20. The molecule has 8 heteroatoms. The first-order chi connectivity index (χ1) is 10.1. The number of nitrogens with one attached hydrogen (secondary N) is 1. The molecule has 7 nitrogen and oxygen atoms in total. The van der Waals surface area contributed by atoms with Crippen molar-refractivity contribution >= 4 is 21.6 Å². The van der Waals surface area contributed by atoms with Gasteiger partial charge in [0, 0.05) is 29.2 Å². The van der Waals surface area contributed by atoms with Crippen molar-refractivity contribution in [1.82, 2.24) is 20.3 Å². The standard InChI is InChI=1S/C13H14BrN5O2/c14-13-5-12(19(20)21)4-1-9(13)7-18-8-11(16-17-18)6-15-10-2-3-10/h1,4-5,8,10,15H,2-3,6-7H2. The lowest BCUT2D eigenvalue weighted by Crippen LogP contribution is -2.15. The van der Waals surface area contributed by atoms with Gasteiger partial charge in [-0.15, -0.1) is 5.10 Å². The number of non-ortho nitro benzene ring substituents is 1. The molecule has 0 amide bonds. The summed E-state index contributed by atoms with van der Waals surface area (Å²) >= 11 is 3.36. The number of nitro groups is 1. The van der Waals surface area contributed by atoms with Gasteiger partial charge in [-0.25, -0.2) is 4.68 Å². The molecule has 1 aliphatic carbocycles. The number of nitrogens with zero attached hydrogens (tertiary/aromatic N) is 4. The average Bonchev–Trinajstić information content (AvgIpc) is 3.18. The Bertz CT molecular complexity index is 668. The van der Waals surface area contributed by atoms with E-state index in [1.165, 1.54) is 25.0 Å². The van der Waals surface area contributed by atoms with E-state index in [-0.39, 0.29) is 5.69 Å². The van der Waals surface area contributed by atoms with Crippen LogP contribution in [0, 0.1) is 10.1 Å². The van der Waals surface area contributed by atoms with Crippen LogP contribution in [-0.2, 0) is 13.1 Å². The second kappa shape index (κ2) is 5.90. The summed E-state index contributed by atoms with van der Waals surface area (Å²) in [6.07, 6.45) is 4.37. The maximum atomic E-state index is 10.7. The zero-order chi connectivity index (χ0) is 14.8. The largest absolute Gasteiger partial charge is 0.308 e. The Morgan fingerprint density at radius 2 is 2.29 bits per heavy atom. The molecule has 0 unspecified atom stereocenters. The van der Waals surface area contributed by atoms with Gasteiger partial charge in [-0.2, -0.15) is 0 Å². The average molecular weight is 352 g/mol. The third kappa shape index (κ3) is 3.64. The summed E-state index contributed by atoms with van der Waals surface area (Å²) in [5.74, 6) is 0. The lowest BCUT2D eigenvalue weighted by molar-refractivity contribution is -0.384. The summed E-state index contributed by atoms with van der Waals surface area (Å²) in [7, 11) is 0. The molecule has 0 atom stereocenters. The van der Waals surface area contributed by atoms with E-state index in [0.717, 1.165) is 17.8 Å². The Balaban J connectivity index is 1.66. The van der Waals surface area contributed by atoms with E-state index in [9.17, 15) is 10.1 Å². The van der Waals surface area contributed by atoms with Gasteiger partial charge >= 0.3 is 0 Å². The molecule has 0 spiro atoms. The van der Waals surface area contributed by atoms with Crippen LogP contribution in [0.5, 0.6) is 0 Å². The van der Waals surface area contributed by atoms with Gasteiger partial charge in [0.15, 0.2) is 0 Å². The van der Waals surface area contributed by atoms with Crippen molar-refractivity contribution in [2.75, 3.05) is 0 Å². The van der Waals surface area contributed by atoms with Crippen LogP contribution in [0.15, 0.2) is 28.9 Å². The molecule has 0 saturated heterocycles. The van der Waals surface area contributed by atoms with E-state index in [1.54, 1.807) is 10.7 Å². The third-order valence-corrected chi connectivity index (χ3v) is 4.05. The van der Waals surface area contributed by atoms with Crippen molar-refractivity contribution < 1.29 is 4.92 Å². The smallest absolute Gasteiger partial charge is 0.270 e. The lowest BCUT2D eigenvalue weighted by atomic mass is 10.2. The topological polar surface area (TPSA) is 85.9 Å². The van der Waals surface area contributed by atoms with Crippen molar-refractivity contribution in [2.24, 2.45) is 0 Å². The normalized spacial score (nSPS) is 14.3. The predicted octanol–water partition coefficient (Wildman–Crippen LogP) is 2.25. The fourth-order valence-corrected chi connectivity index (χ4v) is 2.48. The van der Waals surface area contributed by atoms with Gasteiger partial charge in [0.2, 0.25) is 0 Å². The van der Waals surface area contributed by atoms with Crippen molar-refractivity contribution in [1.29, 1.82) is 0 Å². The molecular weight excluding hydrogens is 338 g/mol. The Morgan fingerprint density at radius 3 is 2.95 bits per heavy atom. The zero-order valence-electron chi connectivity index (χ0n) is 11.2. The molecule has 0 aliphatic heterocycles. The monoisotopic (exact) mass is 351 g/mol. The van der Waals surface area contributed by atoms with Crippen molar-refractivity contribution in [3.8, 4) is 0 Å². The van der Waals surface area contributed by atoms with Gasteiger partial charge < -0.3 is 5.32 Å². The van der Waals surface area contributed by atoms with Crippen LogP contribution in [0.4, 0.5) is 5.69 Å². The fraction of sp³-hybridized carbons (Fsp3) is 0.385. The summed E-state index contributed by atoms with van der Waals surface area (Å²) < 4.78 is 2.43. The van der Waals surface area contributed by atoms with Gasteiger partial charge in [0.05, 0.1) is 23.4 Å². The quantitative estimate of drug-likeness (QED) is 0.637. The van der Waals surface area contributed by atoms with Crippen LogP contribution in [0.3, 0.4) is 0 Å². The van der Waals surface area contributed by atoms with E-state index in [1.807, 2.05) is 6.20 Å². The molecule has 0 bridgehead atoms. The molecule has 1 aliphatic rings. The van der Waals surface area contributed by atoms with Gasteiger partial charge in [0.1, 0.15) is 0 Å². The fourth-order valence-electron chi connectivity index (χ4n) is 1.99. The molecule has 21 heavy (non-hydrogen) atoms. The van der Waals surface area contributed by atoms with Gasteiger partial charge in [-0.1, -0.05) is 21.1 Å². The van der Waals surface area contributed by atoms with E-state index in [0.29, 0.717) is 17.1 Å². The van der Waals surface area contributed by atoms with E-state index < -0.39 is 4.92 Å². The number of hydrogen-bond acceptors (Lipinski definition) is 5. The Hall–Kier alpha value is -1.80. The summed E-state index contributed by atoms with van der Waals surface area (Å²) in [5, 5.41) is 22.3. The molecule has 3 rings (SSSR count). The molecule has 2 aromatic rings. The zero-order valence-corrected chi connectivity index (χ0v) is 12.8. The first-order valence-corrected chi connectivity index (χ1v) is 7.46. The lowest BCUT2D eigenvalue weighted by Gasteiger charge is -2.04. The Labute approximate surface area is 129 Å². The van der Waals surface area contributed by atoms with Crippen LogP contribution in [-0.4, -0.2) is 26.0 Å². The molecule has 1 aromatic heterocycles. The van der Waals surface area contributed by atoms with Gasteiger partial charge in [-0.3, -0.25) is 10.1 Å². The van der Waals surface area contributed by atoms with E-state index >= 15 is 0 Å². The molecule has 0 radical (unpaired) electrons. The van der Waals surface area contributed by atoms with Gasteiger partial charge in [0.25, 0.3) is 5.69 Å². The molecule has 1 fully saturated rings. The molecular formula is C13H14BrN5O2. The van der Waals surface area contributed by atoms with Crippen LogP contribution in [0.2, 0.25) is 0 Å². The number of halogens is 1. The SMILES string of the molecule is O=[N+]([O-])c1ccc(Cn2cc(CNC3CC3)nn2)c(Br)c1. The van der Waals surface area contributed by atoms with Crippen LogP contribution in [0.25, 0.3) is 0 Å². The summed E-state index contributed by atoms with van der Waals surface area (Å²) in [6, 6.07) is 5.36. The minimum absolute atomic E-state index is 0.0681. The first kappa shape index (κ1) is 14.2. The highest BCUT2D eigenvalue weighted by Crippen LogP contribution is 2.23. The van der Waals surface area contributed by atoms with Crippen LogP contribution in [0.1, 0.15) is 24.1 Å². The maximum absolute atomic E-state index is 10.7. The van der Waals surface area contributed by atoms with Crippen LogP contribution >= 0.6 is 15.9 Å². The van der Waals surface area contributed by atoms with E-state index in [4.69, 9.17) is 0 Å². The predicted molar refractivity (Wildman–Crippen MR) is 79.8 cm³/mol. The first-order valence-electron chi connectivity index (χ1n) is 6.67. The Kier molecular flexibility index (Phi) is 3.98. The van der Waals surface area contributed by atoms with Crippen molar-refractivity contribution in [3.05, 3.63) is 50.2 Å². The number of hydrogen-bond donors (Lipinski definition) is 1. The maximum Gasteiger partial charge on any atom is 0.270 e. The second-order valence-electron chi connectivity index (χ2n) is 5.10. The number of rotatable bonds is 6. The third-order valence-electron chi connectivity index (χ3n) is 3.32. The second-order valence-corrected chi connectivity index (χ2v) is 5.95. The minimum Gasteiger partial charge on any atom is -0.308 e. The molecule has 1 N–H and O–H groups in total. The Morgan fingerprint density at radius 1 is 1.48 bits per heavy atom. The van der Waals surface area contributed by atoms with Gasteiger partial charge in [-0.05, 0) is 24.5 Å². The van der Waals surface area contributed by atoms with Crippen molar-refractivity contribution in [2.45, 2.75) is 32.0 Å². The highest BCUT2D eigenvalue weighted by molar-refractivity contribution is 9.10. The molecule has 1 heterocycles. The number of nitro benzene ring substituents is 1. The summed E-state index contributed by atoms with van der Waals surface area (Å²) in [4.78, 5) is 10.3. The minimum atomic E-state index is -0.411. The number of benzene rings is 1. The molecule has 110 valence electrons. The number of aromatic nitrogens is 3. The summed E-state index contributed by atoms with van der Waals surface area (Å²) in [6.45, 7) is 1.25. The van der Waals surface area contributed by atoms with E-state index in [2.05, 4.69) is 31.6 Å². The molecule has 1 aromatic carbocycles. The highest BCUT2D eigenvalue weighted by atomic mass is 79.9. The summed E-state index contributed by atoms with van der Waals surface area (Å²) in [5.41, 5.74) is 1.89. The van der Waals surface area contributed by atoms with Crippen molar-refractivity contribution in [3.63, 3.8) is 0 Å². The van der Waals surface area contributed by atoms with Crippen LogP contribution < -0.4 is 5.32 Å².